The Kier molecular flexibility index (Phi) is 2.97. The van der Waals surface area contributed by atoms with Crippen molar-refractivity contribution in [2.75, 3.05) is 7.11 Å². The Morgan fingerprint density at radius 3 is 3.00 bits per heavy atom. The summed E-state index contributed by atoms with van der Waals surface area (Å²) in [6.07, 6.45) is 0.504. The van der Waals surface area contributed by atoms with Crippen molar-refractivity contribution in [3.63, 3.8) is 0 Å². The van der Waals surface area contributed by atoms with Crippen molar-refractivity contribution < 1.29 is 14.6 Å². The predicted molar refractivity (Wildman–Crippen MR) is 42.6 cm³/mol. The van der Waals surface area contributed by atoms with Gasteiger partial charge >= 0.3 is 5.97 Å². The number of methoxy groups -OCH3 is 1. The Morgan fingerprint density at radius 2 is 2.54 bits per heavy atom. The van der Waals surface area contributed by atoms with Crippen molar-refractivity contribution in [2.24, 2.45) is 7.05 Å². The molecular formula is C7H11N3O3. The number of carbonyl (C=O) groups is 1. The van der Waals surface area contributed by atoms with Gasteiger partial charge < -0.3 is 9.84 Å². The Balaban J connectivity index is 2.58. The van der Waals surface area contributed by atoms with Gasteiger partial charge in [0.1, 0.15) is 11.8 Å². The quantitative estimate of drug-likeness (QED) is 0.637. The minimum absolute atomic E-state index is 0.102. The molecular weight excluding hydrogens is 174 g/mol. The van der Waals surface area contributed by atoms with Crippen molar-refractivity contribution in [2.45, 2.75) is 12.5 Å². The third-order valence-corrected chi connectivity index (χ3v) is 1.55. The lowest BCUT2D eigenvalue weighted by Gasteiger charge is -2.03. The highest BCUT2D eigenvalue weighted by molar-refractivity contribution is 5.69. The summed E-state index contributed by atoms with van der Waals surface area (Å²) in [7, 11) is 2.95. The molecule has 0 spiro atoms. The SMILES string of the molecule is COC(=O)C[C@@H](O)c1cn(C)nn1. The second-order valence-corrected chi connectivity index (χ2v) is 2.61. The van der Waals surface area contributed by atoms with E-state index in [4.69, 9.17) is 0 Å². The predicted octanol–water partition coefficient (Wildman–Crippen LogP) is -0.588. The van der Waals surface area contributed by atoms with Crippen LogP contribution < -0.4 is 0 Å². The lowest BCUT2D eigenvalue weighted by molar-refractivity contribution is -0.142. The third kappa shape index (κ3) is 2.51. The van der Waals surface area contributed by atoms with E-state index >= 15 is 0 Å². The molecule has 0 saturated carbocycles. The van der Waals surface area contributed by atoms with E-state index < -0.39 is 12.1 Å². The van der Waals surface area contributed by atoms with Crippen LogP contribution in [-0.2, 0) is 16.6 Å². The molecule has 0 bridgehead atoms. The maximum Gasteiger partial charge on any atom is 0.308 e. The van der Waals surface area contributed by atoms with Crippen molar-refractivity contribution in [3.8, 4) is 0 Å². The molecule has 0 aliphatic carbocycles. The molecule has 1 N–H and O–H groups in total. The fourth-order valence-electron chi connectivity index (χ4n) is 0.864. The lowest BCUT2D eigenvalue weighted by Crippen LogP contribution is -2.08. The molecule has 1 atom stereocenters. The minimum atomic E-state index is -0.943. The van der Waals surface area contributed by atoms with Gasteiger partial charge in [0.2, 0.25) is 0 Å². The second kappa shape index (κ2) is 3.99. The number of aliphatic hydroxyl groups excluding tert-OH is 1. The highest BCUT2D eigenvalue weighted by Crippen LogP contribution is 2.12. The molecule has 0 aliphatic rings. The van der Waals surface area contributed by atoms with E-state index in [-0.39, 0.29) is 6.42 Å². The van der Waals surface area contributed by atoms with Crippen LogP contribution in [0.25, 0.3) is 0 Å². The van der Waals surface area contributed by atoms with E-state index in [1.54, 1.807) is 13.2 Å². The monoisotopic (exact) mass is 185 g/mol. The Hall–Kier alpha value is -1.43. The molecule has 1 rings (SSSR count). The molecule has 13 heavy (non-hydrogen) atoms. The second-order valence-electron chi connectivity index (χ2n) is 2.61. The molecule has 0 unspecified atom stereocenters. The normalized spacial score (nSPS) is 12.5. The van der Waals surface area contributed by atoms with Gasteiger partial charge in [-0.15, -0.1) is 5.10 Å². The van der Waals surface area contributed by atoms with E-state index in [2.05, 4.69) is 15.0 Å². The standard InChI is InChI=1S/C7H11N3O3/c1-10-4-5(8-9-10)6(11)3-7(12)13-2/h4,6,11H,3H2,1-2H3/t6-/m1/s1. The number of aromatic nitrogens is 3. The van der Waals surface area contributed by atoms with Crippen LogP contribution in [0, 0.1) is 0 Å². The average molecular weight is 185 g/mol. The smallest absolute Gasteiger partial charge is 0.308 e. The summed E-state index contributed by atoms with van der Waals surface area (Å²) < 4.78 is 5.85. The fraction of sp³-hybridized carbons (Fsp3) is 0.571. The number of nitrogens with zero attached hydrogens (tertiary/aromatic N) is 3. The van der Waals surface area contributed by atoms with Gasteiger partial charge in [-0.1, -0.05) is 5.21 Å². The first-order valence-electron chi connectivity index (χ1n) is 3.74. The zero-order chi connectivity index (χ0) is 9.84. The number of aliphatic hydroxyl groups is 1. The molecule has 1 aromatic heterocycles. The van der Waals surface area contributed by atoms with E-state index in [1.807, 2.05) is 0 Å². The third-order valence-electron chi connectivity index (χ3n) is 1.55. The Labute approximate surface area is 75.1 Å². The molecule has 0 saturated heterocycles. The summed E-state index contributed by atoms with van der Waals surface area (Å²) in [6.45, 7) is 0. The molecule has 1 heterocycles. The Morgan fingerprint density at radius 1 is 1.85 bits per heavy atom. The summed E-state index contributed by atoms with van der Waals surface area (Å²) in [5.74, 6) is -0.474. The van der Waals surface area contributed by atoms with Gasteiger partial charge in [0.05, 0.1) is 19.7 Å². The highest BCUT2D eigenvalue weighted by atomic mass is 16.5. The van der Waals surface area contributed by atoms with Crippen molar-refractivity contribution in [1.29, 1.82) is 0 Å². The topological polar surface area (TPSA) is 77.2 Å². The summed E-state index contributed by atoms with van der Waals surface area (Å²) in [5, 5.41) is 16.7. The number of hydrogen-bond acceptors (Lipinski definition) is 5. The number of rotatable bonds is 3. The molecule has 0 aliphatic heterocycles. The first-order valence-corrected chi connectivity index (χ1v) is 3.74. The fourth-order valence-corrected chi connectivity index (χ4v) is 0.864. The number of carbonyl (C=O) groups excluding carboxylic acids is 1. The van der Waals surface area contributed by atoms with Crippen molar-refractivity contribution in [1.82, 2.24) is 15.0 Å². The maximum absolute atomic E-state index is 10.8. The van der Waals surface area contributed by atoms with Crippen LogP contribution in [0.5, 0.6) is 0 Å². The molecule has 6 heteroatoms. The van der Waals surface area contributed by atoms with Crippen molar-refractivity contribution in [3.05, 3.63) is 11.9 Å². The van der Waals surface area contributed by atoms with Gasteiger partial charge in [0.25, 0.3) is 0 Å². The number of hydrogen-bond donors (Lipinski definition) is 1. The van der Waals surface area contributed by atoms with Gasteiger partial charge in [0, 0.05) is 7.05 Å². The van der Waals surface area contributed by atoms with E-state index in [9.17, 15) is 9.90 Å². The molecule has 0 amide bonds. The van der Waals surface area contributed by atoms with Crippen LogP contribution in [0.3, 0.4) is 0 Å². The average Bonchev–Trinajstić information content (AvgIpc) is 2.51. The maximum atomic E-state index is 10.8. The Bertz CT molecular complexity index is 297. The number of esters is 1. The molecule has 0 fully saturated rings. The molecule has 0 aromatic carbocycles. The van der Waals surface area contributed by atoms with E-state index in [0.29, 0.717) is 5.69 Å². The van der Waals surface area contributed by atoms with Crippen LogP contribution in [0.15, 0.2) is 6.20 Å². The number of aryl methyl sites for hydroxylation is 1. The van der Waals surface area contributed by atoms with Gasteiger partial charge in [0.15, 0.2) is 0 Å². The molecule has 6 nitrogen and oxygen atoms in total. The van der Waals surface area contributed by atoms with Crippen molar-refractivity contribution >= 4 is 5.97 Å². The van der Waals surface area contributed by atoms with Gasteiger partial charge in [-0.05, 0) is 0 Å². The van der Waals surface area contributed by atoms with Gasteiger partial charge in [-0.3, -0.25) is 9.48 Å². The lowest BCUT2D eigenvalue weighted by atomic mass is 10.2. The van der Waals surface area contributed by atoms with Gasteiger partial charge in [-0.2, -0.15) is 0 Å². The van der Waals surface area contributed by atoms with Crippen LogP contribution in [0.1, 0.15) is 18.2 Å². The summed E-state index contributed by atoms with van der Waals surface area (Å²) >= 11 is 0. The summed E-state index contributed by atoms with van der Waals surface area (Å²) in [6, 6.07) is 0. The van der Waals surface area contributed by atoms with E-state index in [1.165, 1.54) is 11.8 Å². The van der Waals surface area contributed by atoms with Crippen LogP contribution >= 0.6 is 0 Å². The summed E-state index contributed by atoms with van der Waals surface area (Å²) in [4.78, 5) is 10.8. The van der Waals surface area contributed by atoms with Crippen LogP contribution in [0.4, 0.5) is 0 Å². The molecule has 1 aromatic rings. The zero-order valence-corrected chi connectivity index (χ0v) is 7.47. The minimum Gasteiger partial charge on any atom is -0.469 e. The number of ether oxygens (including phenoxy) is 1. The highest BCUT2D eigenvalue weighted by Gasteiger charge is 2.15. The first-order chi connectivity index (χ1) is 6.13. The zero-order valence-electron chi connectivity index (χ0n) is 7.47. The molecule has 72 valence electrons. The van der Waals surface area contributed by atoms with E-state index in [0.717, 1.165) is 0 Å². The summed E-state index contributed by atoms with van der Waals surface area (Å²) in [5.41, 5.74) is 0.368. The first kappa shape index (κ1) is 9.66. The van der Waals surface area contributed by atoms with Crippen LogP contribution in [-0.4, -0.2) is 33.2 Å². The van der Waals surface area contributed by atoms with Gasteiger partial charge in [-0.25, -0.2) is 0 Å². The molecule has 0 radical (unpaired) electrons. The van der Waals surface area contributed by atoms with Crippen LogP contribution in [0.2, 0.25) is 0 Å². The largest absolute Gasteiger partial charge is 0.469 e.